The Hall–Kier alpha value is -3.81. The maximum atomic E-state index is 13.8. The van der Waals surface area contributed by atoms with Crippen LogP contribution in [0.5, 0.6) is 0 Å². The number of anilines is 3. The average Bonchev–Trinajstić information content (AvgIpc) is 2.68. The van der Waals surface area contributed by atoms with E-state index in [1.807, 2.05) is 0 Å². The highest BCUT2D eigenvalue weighted by atomic mass is 19.1. The summed E-state index contributed by atoms with van der Waals surface area (Å²) < 4.78 is 31.9. The van der Waals surface area contributed by atoms with E-state index in [0.29, 0.717) is 0 Å². The molecule has 1 amide bonds. The molecule has 0 saturated carbocycles. The summed E-state index contributed by atoms with van der Waals surface area (Å²) in [6.45, 7) is -0.580. The molecule has 0 fully saturated rings. The zero-order valence-corrected chi connectivity index (χ0v) is 14.5. The smallest absolute Gasteiger partial charge is 0.342 e. The maximum absolute atomic E-state index is 13.8. The quantitative estimate of drug-likeness (QED) is 0.631. The number of hydrogen-bond donors (Lipinski definition) is 2. The van der Waals surface area contributed by atoms with Gasteiger partial charge in [-0.15, -0.1) is 0 Å². The Labute approximate surface area is 159 Å². The lowest BCUT2D eigenvalue weighted by Gasteiger charge is -2.11. The van der Waals surface area contributed by atoms with Crippen LogP contribution in [0.1, 0.15) is 10.4 Å². The number of hydrogen-bond acceptors (Lipinski definition) is 5. The Kier molecular flexibility index (Phi) is 5.91. The molecule has 3 rings (SSSR count). The molecule has 0 spiro atoms. The number of nitrogens with one attached hydrogen (secondary N) is 2. The highest BCUT2D eigenvalue weighted by molar-refractivity contribution is 5.98. The van der Waals surface area contributed by atoms with Crippen LogP contribution in [0.4, 0.5) is 26.0 Å². The third kappa shape index (κ3) is 4.88. The second-order valence-electron chi connectivity index (χ2n) is 5.64. The van der Waals surface area contributed by atoms with Crippen molar-refractivity contribution < 1.29 is 23.1 Å². The number of para-hydroxylation sites is 1. The molecule has 6 nitrogen and oxygen atoms in total. The van der Waals surface area contributed by atoms with Crippen molar-refractivity contribution in [1.29, 1.82) is 0 Å². The second-order valence-corrected chi connectivity index (χ2v) is 5.64. The van der Waals surface area contributed by atoms with Gasteiger partial charge in [-0.05, 0) is 42.5 Å². The van der Waals surface area contributed by atoms with Gasteiger partial charge in [-0.1, -0.05) is 18.2 Å². The van der Waals surface area contributed by atoms with Gasteiger partial charge < -0.3 is 15.4 Å². The number of aromatic nitrogens is 1. The molecule has 1 aromatic heterocycles. The van der Waals surface area contributed by atoms with Crippen molar-refractivity contribution in [3.63, 3.8) is 0 Å². The average molecular weight is 383 g/mol. The Morgan fingerprint density at radius 3 is 2.61 bits per heavy atom. The van der Waals surface area contributed by atoms with Crippen LogP contribution in [0.3, 0.4) is 0 Å². The molecule has 0 aliphatic heterocycles. The van der Waals surface area contributed by atoms with Crippen LogP contribution in [-0.4, -0.2) is 23.5 Å². The topological polar surface area (TPSA) is 80.3 Å². The summed E-state index contributed by atoms with van der Waals surface area (Å²) in [5.41, 5.74) is 0.410. The summed E-state index contributed by atoms with van der Waals surface area (Å²) in [6, 6.07) is 14.2. The Morgan fingerprint density at radius 2 is 1.82 bits per heavy atom. The fraction of sp³-hybridized carbons (Fsp3) is 0.0500. The molecule has 3 aromatic rings. The van der Waals surface area contributed by atoms with Crippen LogP contribution < -0.4 is 10.6 Å². The number of halogens is 2. The molecule has 28 heavy (non-hydrogen) atoms. The van der Waals surface area contributed by atoms with Gasteiger partial charge in [0.15, 0.2) is 6.61 Å². The predicted molar refractivity (Wildman–Crippen MR) is 99.2 cm³/mol. The highest BCUT2D eigenvalue weighted by Crippen LogP contribution is 2.21. The first-order valence-corrected chi connectivity index (χ1v) is 8.22. The van der Waals surface area contributed by atoms with Crippen molar-refractivity contribution in [2.45, 2.75) is 0 Å². The summed E-state index contributed by atoms with van der Waals surface area (Å²) in [5, 5.41) is 5.14. The van der Waals surface area contributed by atoms with Gasteiger partial charge in [-0.3, -0.25) is 4.79 Å². The normalized spacial score (nSPS) is 10.2. The molecule has 142 valence electrons. The number of benzene rings is 2. The first kappa shape index (κ1) is 19.0. The van der Waals surface area contributed by atoms with Crippen molar-refractivity contribution in [3.05, 3.63) is 84.1 Å². The van der Waals surface area contributed by atoms with Crippen molar-refractivity contribution in [3.8, 4) is 0 Å². The van der Waals surface area contributed by atoms with Gasteiger partial charge in [0.25, 0.3) is 5.91 Å². The highest BCUT2D eigenvalue weighted by Gasteiger charge is 2.16. The number of nitrogens with zero attached hydrogens (tertiary/aromatic N) is 1. The van der Waals surface area contributed by atoms with Crippen molar-refractivity contribution >= 4 is 29.1 Å². The molecule has 0 atom stereocenters. The minimum absolute atomic E-state index is 0.0318. The van der Waals surface area contributed by atoms with Crippen molar-refractivity contribution in [2.75, 3.05) is 17.2 Å². The third-order valence-electron chi connectivity index (χ3n) is 3.60. The minimum Gasteiger partial charge on any atom is -0.452 e. The molecule has 0 aliphatic rings. The molecule has 1 heterocycles. The number of esters is 1. The number of carbonyl (C=O) groups is 2. The lowest BCUT2D eigenvalue weighted by Crippen LogP contribution is -2.21. The number of amides is 1. The lowest BCUT2D eigenvalue weighted by molar-refractivity contribution is -0.119. The zero-order valence-electron chi connectivity index (χ0n) is 14.5. The summed E-state index contributed by atoms with van der Waals surface area (Å²) >= 11 is 0. The standard InChI is InChI=1S/C20H15F2N3O3/c21-13-5-3-6-14(11-13)24-18(26)12-28-20(27)15-7-4-10-23-19(15)25-17-9-2-1-8-16(17)22/h1-11H,12H2,(H,23,25)(H,24,26). The Balaban J connectivity index is 1.64. The summed E-state index contributed by atoms with van der Waals surface area (Å²) in [7, 11) is 0. The summed E-state index contributed by atoms with van der Waals surface area (Å²) in [5.74, 6) is -2.38. The molecular weight excluding hydrogens is 368 g/mol. The predicted octanol–water partition coefficient (Wildman–Crippen LogP) is 3.90. The first-order valence-electron chi connectivity index (χ1n) is 8.22. The van der Waals surface area contributed by atoms with Crippen LogP contribution in [0.2, 0.25) is 0 Å². The van der Waals surface area contributed by atoms with Gasteiger partial charge in [0.2, 0.25) is 0 Å². The van der Waals surface area contributed by atoms with Gasteiger partial charge in [0.05, 0.1) is 5.69 Å². The molecule has 0 unspecified atom stereocenters. The number of ether oxygens (including phenoxy) is 1. The van der Waals surface area contributed by atoms with Crippen LogP contribution in [0.25, 0.3) is 0 Å². The second kappa shape index (κ2) is 8.72. The molecule has 2 aromatic carbocycles. The van der Waals surface area contributed by atoms with Gasteiger partial charge in [0, 0.05) is 11.9 Å². The Morgan fingerprint density at radius 1 is 1.00 bits per heavy atom. The van der Waals surface area contributed by atoms with E-state index in [2.05, 4.69) is 15.6 Å². The molecule has 0 bridgehead atoms. The van der Waals surface area contributed by atoms with E-state index in [0.717, 1.165) is 6.07 Å². The molecular formula is C20H15F2N3O3. The fourth-order valence-electron chi connectivity index (χ4n) is 2.33. The van der Waals surface area contributed by atoms with Crippen molar-refractivity contribution in [2.24, 2.45) is 0 Å². The largest absolute Gasteiger partial charge is 0.452 e. The van der Waals surface area contributed by atoms with Crippen LogP contribution >= 0.6 is 0 Å². The van der Waals surface area contributed by atoms with Crippen LogP contribution in [-0.2, 0) is 9.53 Å². The maximum Gasteiger partial charge on any atom is 0.342 e. The molecule has 0 saturated heterocycles. The fourth-order valence-corrected chi connectivity index (χ4v) is 2.33. The van der Waals surface area contributed by atoms with Crippen molar-refractivity contribution in [1.82, 2.24) is 4.98 Å². The van der Waals surface area contributed by atoms with Gasteiger partial charge in [0.1, 0.15) is 23.0 Å². The third-order valence-corrected chi connectivity index (χ3v) is 3.60. The van der Waals surface area contributed by atoms with E-state index in [1.165, 1.54) is 54.7 Å². The zero-order chi connectivity index (χ0) is 19.9. The van der Waals surface area contributed by atoms with Crippen LogP contribution in [0, 0.1) is 11.6 Å². The van der Waals surface area contributed by atoms with E-state index < -0.39 is 30.1 Å². The van der Waals surface area contributed by atoms with Gasteiger partial charge in [-0.25, -0.2) is 18.6 Å². The first-order chi connectivity index (χ1) is 13.5. The minimum atomic E-state index is -0.818. The number of carbonyl (C=O) groups excluding carboxylic acids is 2. The monoisotopic (exact) mass is 383 g/mol. The van der Waals surface area contributed by atoms with E-state index in [-0.39, 0.29) is 22.8 Å². The summed E-state index contributed by atoms with van der Waals surface area (Å²) in [6.07, 6.45) is 1.43. The van der Waals surface area contributed by atoms with E-state index >= 15 is 0 Å². The van der Waals surface area contributed by atoms with E-state index in [1.54, 1.807) is 6.07 Å². The van der Waals surface area contributed by atoms with E-state index in [4.69, 9.17) is 4.74 Å². The molecule has 8 heteroatoms. The Bertz CT molecular complexity index is 1010. The van der Waals surface area contributed by atoms with Gasteiger partial charge in [-0.2, -0.15) is 0 Å². The number of pyridine rings is 1. The SMILES string of the molecule is O=C(COC(=O)c1cccnc1Nc1ccccc1F)Nc1cccc(F)c1. The molecule has 0 aliphatic carbocycles. The van der Waals surface area contributed by atoms with Crippen LogP contribution in [0.15, 0.2) is 66.9 Å². The number of rotatable bonds is 6. The summed E-state index contributed by atoms with van der Waals surface area (Å²) in [4.78, 5) is 28.2. The molecule has 2 N–H and O–H groups in total. The lowest BCUT2D eigenvalue weighted by atomic mass is 10.2. The van der Waals surface area contributed by atoms with E-state index in [9.17, 15) is 18.4 Å². The van der Waals surface area contributed by atoms with Gasteiger partial charge >= 0.3 is 5.97 Å². The molecule has 0 radical (unpaired) electrons.